The van der Waals surface area contributed by atoms with Crippen LogP contribution in [0.15, 0.2) is 24.3 Å². The minimum Gasteiger partial charge on any atom is -0.341 e. The number of carbonyl (C=O) groups excluding carboxylic acids is 1. The van der Waals surface area contributed by atoms with E-state index in [-0.39, 0.29) is 24.4 Å². The number of amides is 1. The molecular weight excluding hydrogens is 248 g/mol. The summed E-state index contributed by atoms with van der Waals surface area (Å²) in [6.07, 6.45) is 2.36. The van der Waals surface area contributed by atoms with Crippen LogP contribution >= 0.6 is 12.4 Å². The summed E-state index contributed by atoms with van der Waals surface area (Å²) >= 11 is 0. The first-order valence-corrected chi connectivity index (χ1v) is 6.24. The second-order valence-electron chi connectivity index (χ2n) is 4.87. The van der Waals surface area contributed by atoms with E-state index in [0.29, 0.717) is 6.42 Å². The van der Waals surface area contributed by atoms with E-state index in [1.807, 2.05) is 4.90 Å². The van der Waals surface area contributed by atoms with Gasteiger partial charge in [-0.05, 0) is 25.3 Å². The molecule has 1 aromatic carbocycles. The van der Waals surface area contributed by atoms with Crippen LogP contribution in [0.5, 0.6) is 0 Å². The Morgan fingerprint density at radius 2 is 2.06 bits per heavy atom. The Kier molecular flexibility index (Phi) is 5.63. The van der Waals surface area contributed by atoms with E-state index in [1.165, 1.54) is 11.1 Å². The van der Waals surface area contributed by atoms with Gasteiger partial charge in [-0.25, -0.2) is 0 Å². The minimum absolute atomic E-state index is 0. The SMILES string of the molecule is Cc1ccc(CCC(=O)N2CCC(N)C2)cc1.Cl. The third-order valence-electron chi connectivity index (χ3n) is 3.33. The van der Waals surface area contributed by atoms with Crippen LogP contribution in [0.2, 0.25) is 0 Å². The molecule has 2 N–H and O–H groups in total. The van der Waals surface area contributed by atoms with Gasteiger partial charge in [-0.1, -0.05) is 29.8 Å². The van der Waals surface area contributed by atoms with Crippen molar-refractivity contribution in [1.29, 1.82) is 0 Å². The number of likely N-dealkylation sites (tertiary alicyclic amines) is 1. The maximum Gasteiger partial charge on any atom is 0.222 e. The van der Waals surface area contributed by atoms with Crippen LogP contribution in [-0.4, -0.2) is 29.9 Å². The second kappa shape index (κ2) is 6.76. The summed E-state index contributed by atoms with van der Waals surface area (Å²) in [4.78, 5) is 13.8. The van der Waals surface area contributed by atoms with Crippen molar-refractivity contribution < 1.29 is 4.79 Å². The number of hydrogen-bond acceptors (Lipinski definition) is 2. The monoisotopic (exact) mass is 268 g/mol. The van der Waals surface area contributed by atoms with E-state index in [1.54, 1.807) is 0 Å². The molecule has 1 saturated heterocycles. The summed E-state index contributed by atoms with van der Waals surface area (Å²) in [5.74, 6) is 0.235. The molecular formula is C14H21ClN2O. The van der Waals surface area contributed by atoms with Gasteiger partial charge in [-0.15, -0.1) is 12.4 Å². The molecule has 0 spiro atoms. The fourth-order valence-electron chi connectivity index (χ4n) is 2.18. The summed E-state index contributed by atoms with van der Waals surface area (Å²) in [5.41, 5.74) is 8.28. The maximum atomic E-state index is 11.9. The van der Waals surface area contributed by atoms with Gasteiger partial charge in [0.25, 0.3) is 0 Å². The molecule has 1 atom stereocenters. The van der Waals surface area contributed by atoms with Crippen LogP contribution in [0, 0.1) is 6.92 Å². The van der Waals surface area contributed by atoms with Gasteiger partial charge in [0.2, 0.25) is 5.91 Å². The molecule has 0 bridgehead atoms. The van der Waals surface area contributed by atoms with Crippen LogP contribution < -0.4 is 5.73 Å². The molecule has 1 aliphatic heterocycles. The van der Waals surface area contributed by atoms with Gasteiger partial charge in [-0.2, -0.15) is 0 Å². The fraction of sp³-hybridized carbons (Fsp3) is 0.500. The number of rotatable bonds is 3. The molecule has 0 radical (unpaired) electrons. The fourth-order valence-corrected chi connectivity index (χ4v) is 2.18. The summed E-state index contributed by atoms with van der Waals surface area (Å²) in [7, 11) is 0. The highest BCUT2D eigenvalue weighted by Crippen LogP contribution is 2.11. The highest BCUT2D eigenvalue weighted by atomic mass is 35.5. The zero-order valence-corrected chi connectivity index (χ0v) is 11.6. The first-order chi connectivity index (χ1) is 8.15. The smallest absolute Gasteiger partial charge is 0.222 e. The van der Waals surface area contributed by atoms with Crippen LogP contribution in [-0.2, 0) is 11.2 Å². The molecule has 1 unspecified atom stereocenters. The van der Waals surface area contributed by atoms with Crippen molar-refractivity contribution in [2.45, 2.75) is 32.2 Å². The van der Waals surface area contributed by atoms with Crippen molar-refractivity contribution in [3.05, 3.63) is 35.4 Å². The molecule has 0 aromatic heterocycles. The predicted molar refractivity (Wildman–Crippen MR) is 75.9 cm³/mol. The third kappa shape index (κ3) is 4.00. The Hall–Kier alpha value is -1.06. The van der Waals surface area contributed by atoms with E-state index < -0.39 is 0 Å². The Morgan fingerprint density at radius 1 is 1.39 bits per heavy atom. The van der Waals surface area contributed by atoms with Crippen LogP contribution in [0.4, 0.5) is 0 Å². The Bertz CT molecular complexity index is 391. The highest BCUT2D eigenvalue weighted by molar-refractivity contribution is 5.85. The molecule has 18 heavy (non-hydrogen) atoms. The number of nitrogens with two attached hydrogens (primary N) is 1. The zero-order chi connectivity index (χ0) is 12.3. The molecule has 1 amide bonds. The van der Waals surface area contributed by atoms with E-state index in [9.17, 15) is 4.79 Å². The molecule has 3 nitrogen and oxygen atoms in total. The topological polar surface area (TPSA) is 46.3 Å². The number of aryl methyl sites for hydroxylation is 2. The van der Waals surface area contributed by atoms with E-state index in [0.717, 1.165) is 25.9 Å². The molecule has 0 aliphatic carbocycles. The van der Waals surface area contributed by atoms with Gasteiger partial charge >= 0.3 is 0 Å². The first kappa shape index (κ1) is 15.0. The average molecular weight is 269 g/mol. The van der Waals surface area contributed by atoms with Crippen molar-refractivity contribution in [3.8, 4) is 0 Å². The van der Waals surface area contributed by atoms with E-state index in [2.05, 4.69) is 31.2 Å². The van der Waals surface area contributed by atoms with Gasteiger partial charge < -0.3 is 10.6 Å². The number of benzene rings is 1. The molecule has 2 rings (SSSR count). The van der Waals surface area contributed by atoms with Gasteiger partial charge in [-0.3, -0.25) is 4.79 Å². The van der Waals surface area contributed by atoms with Gasteiger partial charge in [0.1, 0.15) is 0 Å². The molecule has 1 fully saturated rings. The summed E-state index contributed by atoms with van der Waals surface area (Å²) in [5, 5.41) is 0. The highest BCUT2D eigenvalue weighted by Gasteiger charge is 2.22. The standard InChI is InChI=1S/C14H20N2O.ClH/c1-11-2-4-12(5-3-11)6-7-14(17)16-9-8-13(15)10-16;/h2-5,13H,6-10,15H2,1H3;1H. The van der Waals surface area contributed by atoms with Crippen LogP contribution in [0.25, 0.3) is 0 Å². The number of nitrogens with zero attached hydrogens (tertiary/aromatic N) is 1. The number of hydrogen-bond donors (Lipinski definition) is 1. The lowest BCUT2D eigenvalue weighted by molar-refractivity contribution is -0.130. The molecule has 1 heterocycles. The van der Waals surface area contributed by atoms with Crippen molar-refractivity contribution in [3.63, 3.8) is 0 Å². The molecule has 4 heteroatoms. The van der Waals surface area contributed by atoms with Crippen molar-refractivity contribution >= 4 is 18.3 Å². The predicted octanol–water partition coefficient (Wildman–Crippen LogP) is 1.91. The molecule has 1 aliphatic rings. The summed E-state index contributed by atoms with van der Waals surface area (Å²) < 4.78 is 0. The zero-order valence-electron chi connectivity index (χ0n) is 10.8. The summed E-state index contributed by atoms with van der Waals surface area (Å²) in [6.45, 7) is 3.63. The lowest BCUT2D eigenvalue weighted by Gasteiger charge is -2.15. The van der Waals surface area contributed by atoms with E-state index in [4.69, 9.17) is 5.73 Å². The van der Waals surface area contributed by atoms with Crippen LogP contribution in [0.1, 0.15) is 24.0 Å². The maximum absolute atomic E-state index is 11.9. The average Bonchev–Trinajstić information content (AvgIpc) is 2.75. The van der Waals surface area contributed by atoms with E-state index >= 15 is 0 Å². The lowest BCUT2D eigenvalue weighted by atomic mass is 10.1. The quantitative estimate of drug-likeness (QED) is 0.910. The number of carbonyl (C=O) groups is 1. The largest absolute Gasteiger partial charge is 0.341 e. The Morgan fingerprint density at radius 3 is 2.61 bits per heavy atom. The van der Waals surface area contributed by atoms with Crippen molar-refractivity contribution in [2.24, 2.45) is 5.73 Å². The normalized spacial score (nSPS) is 18.6. The lowest BCUT2D eigenvalue weighted by Crippen LogP contribution is -2.31. The van der Waals surface area contributed by atoms with Crippen molar-refractivity contribution in [2.75, 3.05) is 13.1 Å². The van der Waals surface area contributed by atoms with Crippen molar-refractivity contribution in [1.82, 2.24) is 4.90 Å². The van der Waals surface area contributed by atoms with Gasteiger partial charge in [0.15, 0.2) is 0 Å². The third-order valence-corrected chi connectivity index (χ3v) is 3.33. The van der Waals surface area contributed by atoms with Gasteiger partial charge in [0.05, 0.1) is 0 Å². The Labute approximate surface area is 115 Å². The first-order valence-electron chi connectivity index (χ1n) is 6.24. The second-order valence-corrected chi connectivity index (χ2v) is 4.87. The summed E-state index contributed by atoms with van der Waals surface area (Å²) in [6, 6.07) is 8.55. The van der Waals surface area contributed by atoms with Crippen LogP contribution in [0.3, 0.4) is 0 Å². The Balaban J connectivity index is 0.00000162. The minimum atomic E-state index is 0. The molecule has 0 saturated carbocycles. The molecule has 100 valence electrons. The van der Waals surface area contributed by atoms with Gasteiger partial charge in [0, 0.05) is 25.6 Å². The number of halogens is 1. The molecule has 1 aromatic rings.